The summed E-state index contributed by atoms with van der Waals surface area (Å²) in [6, 6.07) is 9.67. The Labute approximate surface area is 187 Å². The molecule has 0 heterocycles. The molecule has 2 rings (SSSR count). The summed E-state index contributed by atoms with van der Waals surface area (Å²) in [6.45, 7) is 3.93. The van der Waals surface area contributed by atoms with Crippen LogP contribution in [-0.2, 0) is 26.2 Å². The highest BCUT2D eigenvalue weighted by molar-refractivity contribution is 7.92. The zero-order valence-corrected chi connectivity index (χ0v) is 19.2. The molecule has 7 nitrogen and oxygen atoms in total. The van der Waals surface area contributed by atoms with E-state index in [2.05, 4.69) is 5.32 Å². The van der Waals surface area contributed by atoms with E-state index >= 15 is 0 Å². The fraction of sp³-hybridized carbons (Fsp3) is 0.364. The monoisotopic (exact) mass is 467 g/mol. The Balaban J connectivity index is 2.42. The van der Waals surface area contributed by atoms with Gasteiger partial charge in [-0.25, -0.2) is 17.2 Å². The first-order chi connectivity index (χ1) is 14.9. The third kappa shape index (κ3) is 6.49. The van der Waals surface area contributed by atoms with Gasteiger partial charge in [0.05, 0.1) is 11.9 Å². The maximum Gasteiger partial charge on any atom is 0.244 e. The number of hydrogen-bond acceptors (Lipinski definition) is 4. The van der Waals surface area contributed by atoms with E-state index in [9.17, 15) is 26.8 Å². The molecule has 174 valence electrons. The van der Waals surface area contributed by atoms with Gasteiger partial charge in [0.1, 0.15) is 24.2 Å². The van der Waals surface area contributed by atoms with Gasteiger partial charge in [0.25, 0.3) is 0 Å². The SMILES string of the molecule is CC(C)NC(=O)[C@@H](C)N(Cc1ccccc1F)C(=O)CN(c1ccccc1F)S(C)(=O)=O. The second-order valence-corrected chi connectivity index (χ2v) is 9.58. The molecule has 1 N–H and O–H groups in total. The first kappa shape index (κ1) is 25.3. The third-order valence-electron chi connectivity index (χ3n) is 4.70. The van der Waals surface area contributed by atoms with Crippen LogP contribution in [0.4, 0.5) is 14.5 Å². The van der Waals surface area contributed by atoms with Gasteiger partial charge in [0.15, 0.2) is 0 Å². The molecule has 0 aliphatic heterocycles. The highest BCUT2D eigenvalue weighted by Crippen LogP contribution is 2.22. The molecule has 0 radical (unpaired) electrons. The number of anilines is 1. The summed E-state index contributed by atoms with van der Waals surface area (Å²) in [5.74, 6) is -2.66. The number of nitrogens with zero attached hydrogens (tertiary/aromatic N) is 2. The first-order valence-electron chi connectivity index (χ1n) is 9.97. The van der Waals surface area contributed by atoms with Crippen LogP contribution in [0.5, 0.6) is 0 Å². The van der Waals surface area contributed by atoms with E-state index in [1.54, 1.807) is 19.9 Å². The minimum absolute atomic E-state index is 0.154. The predicted molar refractivity (Wildman–Crippen MR) is 118 cm³/mol. The van der Waals surface area contributed by atoms with E-state index in [1.165, 1.54) is 43.3 Å². The van der Waals surface area contributed by atoms with Crippen LogP contribution in [0.2, 0.25) is 0 Å². The molecule has 1 atom stereocenters. The van der Waals surface area contributed by atoms with Crippen molar-refractivity contribution in [3.05, 3.63) is 65.7 Å². The summed E-state index contributed by atoms with van der Waals surface area (Å²) in [5, 5.41) is 2.68. The Kier molecular flexibility index (Phi) is 8.31. The lowest BCUT2D eigenvalue weighted by Crippen LogP contribution is -2.52. The molecule has 0 saturated carbocycles. The molecule has 0 saturated heterocycles. The Hall–Kier alpha value is -3.01. The van der Waals surface area contributed by atoms with Crippen molar-refractivity contribution in [1.82, 2.24) is 10.2 Å². The summed E-state index contributed by atoms with van der Waals surface area (Å²) in [6.07, 6.45) is 0.850. The van der Waals surface area contributed by atoms with Crippen molar-refractivity contribution in [3.8, 4) is 0 Å². The Morgan fingerprint density at radius 2 is 1.53 bits per heavy atom. The van der Waals surface area contributed by atoms with Crippen molar-refractivity contribution in [2.75, 3.05) is 17.1 Å². The maximum atomic E-state index is 14.3. The second kappa shape index (κ2) is 10.5. The standard InChI is InChI=1S/C22H27F2N3O4S/c1-15(2)25-22(29)16(3)26(13-17-9-5-6-10-18(17)23)21(28)14-27(32(4,30)31)20-12-8-7-11-19(20)24/h5-12,15-16H,13-14H2,1-4H3,(H,25,29)/t16-/m1/s1. The van der Waals surface area contributed by atoms with E-state index in [0.717, 1.165) is 17.2 Å². The van der Waals surface area contributed by atoms with Crippen LogP contribution in [0.15, 0.2) is 48.5 Å². The molecule has 0 aliphatic rings. The zero-order valence-electron chi connectivity index (χ0n) is 18.4. The molecule has 0 fully saturated rings. The number of amides is 2. The number of benzene rings is 2. The van der Waals surface area contributed by atoms with Crippen LogP contribution < -0.4 is 9.62 Å². The molecule has 0 aromatic heterocycles. The molecule has 0 spiro atoms. The number of rotatable bonds is 9. The molecule has 2 aromatic rings. The Bertz CT molecular complexity index is 1080. The second-order valence-electron chi connectivity index (χ2n) is 7.67. The van der Waals surface area contributed by atoms with Crippen molar-refractivity contribution in [3.63, 3.8) is 0 Å². The van der Waals surface area contributed by atoms with Crippen LogP contribution in [0.1, 0.15) is 26.3 Å². The molecular weight excluding hydrogens is 440 g/mol. The average molecular weight is 468 g/mol. The van der Waals surface area contributed by atoms with Crippen molar-refractivity contribution < 1.29 is 26.8 Å². The van der Waals surface area contributed by atoms with Gasteiger partial charge in [0, 0.05) is 18.2 Å². The van der Waals surface area contributed by atoms with Crippen molar-refractivity contribution in [2.24, 2.45) is 0 Å². The highest BCUT2D eigenvalue weighted by atomic mass is 32.2. The largest absolute Gasteiger partial charge is 0.352 e. The summed E-state index contributed by atoms with van der Waals surface area (Å²) in [7, 11) is -4.04. The summed E-state index contributed by atoms with van der Waals surface area (Å²) < 4.78 is 53.9. The summed E-state index contributed by atoms with van der Waals surface area (Å²) in [5.41, 5.74) is -0.143. The molecule has 2 aromatic carbocycles. The maximum absolute atomic E-state index is 14.3. The predicted octanol–water partition coefficient (Wildman–Crippen LogP) is 2.67. The van der Waals surface area contributed by atoms with Gasteiger partial charge in [-0.3, -0.25) is 13.9 Å². The minimum atomic E-state index is -4.04. The Morgan fingerprint density at radius 3 is 2.06 bits per heavy atom. The van der Waals surface area contributed by atoms with Crippen LogP contribution in [0.3, 0.4) is 0 Å². The molecule has 32 heavy (non-hydrogen) atoms. The number of hydrogen-bond donors (Lipinski definition) is 1. The van der Waals surface area contributed by atoms with E-state index in [1.807, 2.05) is 0 Å². The lowest BCUT2D eigenvalue weighted by Gasteiger charge is -2.32. The topological polar surface area (TPSA) is 86.8 Å². The molecule has 2 amide bonds. The number of halogens is 2. The van der Waals surface area contributed by atoms with Crippen LogP contribution in [0.25, 0.3) is 0 Å². The van der Waals surface area contributed by atoms with Crippen molar-refractivity contribution >= 4 is 27.5 Å². The van der Waals surface area contributed by atoms with E-state index in [4.69, 9.17) is 0 Å². The lowest BCUT2D eigenvalue weighted by atomic mass is 10.1. The van der Waals surface area contributed by atoms with Gasteiger partial charge in [-0.2, -0.15) is 0 Å². The minimum Gasteiger partial charge on any atom is -0.352 e. The summed E-state index contributed by atoms with van der Waals surface area (Å²) in [4.78, 5) is 26.9. The van der Waals surface area contributed by atoms with Crippen LogP contribution in [-0.4, -0.2) is 50.0 Å². The highest BCUT2D eigenvalue weighted by Gasteiger charge is 2.31. The lowest BCUT2D eigenvalue weighted by molar-refractivity contribution is -0.139. The van der Waals surface area contributed by atoms with Crippen LogP contribution in [0, 0.1) is 11.6 Å². The van der Waals surface area contributed by atoms with Gasteiger partial charge in [-0.1, -0.05) is 30.3 Å². The fourth-order valence-corrected chi connectivity index (χ4v) is 3.90. The number of carbonyl (C=O) groups excluding carboxylic acids is 2. The van der Waals surface area contributed by atoms with Gasteiger partial charge in [-0.05, 0) is 39.0 Å². The average Bonchev–Trinajstić information content (AvgIpc) is 2.70. The smallest absolute Gasteiger partial charge is 0.244 e. The molecule has 10 heteroatoms. The number of sulfonamides is 1. The zero-order chi connectivity index (χ0) is 24.1. The molecule has 0 unspecified atom stereocenters. The molecule has 0 aliphatic carbocycles. The van der Waals surface area contributed by atoms with Crippen molar-refractivity contribution in [2.45, 2.75) is 39.4 Å². The Morgan fingerprint density at radius 1 is 0.969 bits per heavy atom. The van der Waals surface area contributed by atoms with Gasteiger partial charge in [0.2, 0.25) is 21.8 Å². The number of para-hydroxylation sites is 1. The van der Waals surface area contributed by atoms with Gasteiger partial charge < -0.3 is 10.2 Å². The fourth-order valence-electron chi connectivity index (χ4n) is 3.05. The normalized spacial score (nSPS) is 12.3. The third-order valence-corrected chi connectivity index (χ3v) is 5.82. The first-order valence-corrected chi connectivity index (χ1v) is 11.8. The van der Waals surface area contributed by atoms with Gasteiger partial charge >= 0.3 is 0 Å². The van der Waals surface area contributed by atoms with E-state index < -0.39 is 46.1 Å². The molecule has 0 bridgehead atoms. The van der Waals surface area contributed by atoms with Crippen molar-refractivity contribution in [1.29, 1.82) is 0 Å². The quantitative estimate of drug-likeness (QED) is 0.614. The van der Waals surface area contributed by atoms with E-state index in [-0.39, 0.29) is 23.8 Å². The molecular formula is C22H27F2N3O4S. The summed E-state index contributed by atoms with van der Waals surface area (Å²) >= 11 is 0. The number of nitrogens with one attached hydrogen (secondary N) is 1. The number of carbonyl (C=O) groups is 2. The van der Waals surface area contributed by atoms with Gasteiger partial charge in [-0.15, -0.1) is 0 Å². The van der Waals surface area contributed by atoms with Crippen LogP contribution >= 0.6 is 0 Å². The van der Waals surface area contributed by atoms with E-state index in [0.29, 0.717) is 4.31 Å².